The van der Waals surface area contributed by atoms with Gasteiger partial charge in [0.25, 0.3) is 0 Å². The van der Waals surface area contributed by atoms with E-state index >= 15 is 0 Å². The highest BCUT2D eigenvalue weighted by Crippen LogP contribution is 2.08. The summed E-state index contributed by atoms with van der Waals surface area (Å²) in [6.07, 6.45) is 2.58. The highest BCUT2D eigenvalue weighted by atomic mass is 35.5. The smallest absolute Gasteiger partial charge is 0.153 e. The minimum Gasteiger partial charge on any atom is -0.355 e. The molecule has 0 atom stereocenters. The minimum absolute atomic E-state index is 0.0177. The fourth-order valence-corrected chi connectivity index (χ4v) is 5.08. The predicted molar refractivity (Wildman–Crippen MR) is 93.0 cm³/mol. The van der Waals surface area contributed by atoms with Crippen LogP contribution in [0.1, 0.15) is 0 Å². The molecule has 0 saturated carbocycles. The van der Waals surface area contributed by atoms with Crippen molar-refractivity contribution in [2.24, 2.45) is 5.10 Å². The molecule has 1 rings (SSSR count). The molecule has 1 N–H and O–H groups in total. The molecule has 0 aliphatic carbocycles. The van der Waals surface area contributed by atoms with Crippen LogP contribution in [0.3, 0.4) is 0 Å². The first-order valence-electron chi connectivity index (χ1n) is 6.93. The standard InChI is InChI=1S/C11H19Cl2FN4O4S2/c12-2-7-23(19,20)9-5-17(6-10-24(21,22)8-3-13)11-1-4-15-18(14)16-11/h1,4,16H,2-3,5-10H2. The number of nitrogens with one attached hydrogen (secondary N) is 1. The van der Waals surface area contributed by atoms with E-state index in [4.69, 9.17) is 23.2 Å². The Bertz CT molecular complexity index is 630. The molecule has 0 bridgehead atoms. The van der Waals surface area contributed by atoms with Crippen molar-refractivity contribution in [3.8, 4) is 0 Å². The van der Waals surface area contributed by atoms with E-state index in [9.17, 15) is 21.3 Å². The summed E-state index contributed by atoms with van der Waals surface area (Å²) in [6, 6.07) is 0. The van der Waals surface area contributed by atoms with Crippen LogP contribution in [0.4, 0.5) is 4.48 Å². The van der Waals surface area contributed by atoms with Gasteiger partial charge in [0, 0.05) is 30.9 Å². The van der Waals surface area contributed by atoms with E-state index in [1.807, 2.05) is 0 Å². The van der Waals surface area contributed by atoms with E-state index in [0.29, 0.717) is 0 Å². The Morgan fingerprint density at radius 1 is 1.04 bits per heavy atom. The van der Waals surface area contributed by atoms with Crippen LogP contribution < -0.4 is 5.43 Å². The summed E-state index contributed by atoms with van der Waals surface area (Å²) >= 11 is 10.9. The molecule has 0 aromatic carbocycles. The summed E-state index contributed by atoms with van der Waals surface area (Å²) < 4.78 is 60.3. The second kappa shape index (κ2) is 9.64. The highest BCUT2D eigenvalue weighted by molar-refractivity contribution is 7.91. The molecular weight excluding hydrogens is 406 g/mol. The normalized spacial score (nSPS) is 15.1. The Morgan fingerprint density at radius 3 is 1.96 bits per heavy atom. The summed E-state index contributed by atoms with van der Waals surface area (Å²) in [5, 5.41) is 3.24. The fraction of sp³-hybridized carbons (Fsp3) is 0.727. The molecule has 1 aliphatic heterocycles. The number of hydrogen-bond acceptors (Lipinski definition) is 8. The van der Waals surface area contributed by atoms with Crippen molar-refractivity contribution in [3.63, 3.8) is 0 Å². The second-order valence-corrected chi connectivity index (χ2v) is 10.2. The van der Waals surface area contributed by atoms with Crippen LogP contribution in [0.5, 0.6) is 0 Å². The lowest BCUT2D eigenvalue weighted by atomic mass is 10.4. The largest absolute Gasteiger partial charge is 0.355 e. The van der Waals surface area contributed by atoms with Gasteiger partial charge in [0.15, 0.2) is 19.7 Å². The van der Waals surface area contributed by atoms with E-state index in [2.05, 4.69) is 10.5 Å². The molecule has 0 saturated heterocycles. The average molecular weight is 425 g/mol. The topological polar surface area (TPSA) is 99.2 Å². The van der Waals surface area contributed by atoms with E-state index in [1.54, 1.807) is 0 Å². The lowest BCUT2D eigenvalue weighted by molar-refractivity contribution is -0.0285. The zero-order chi connectivity index (χ0) is 18.2. The first-order chi connectivity index (χ1) is 11.2. The van der Waals surface area contributed by atoms with Crippen LogP contribution in [0.2, 0.25) is 0 Å². The van der Waals surface area contributed by atoms with Gasteiger partial charge in [0.1, 0.15) is 5.82 Å². The van der Waals surface area contributed by atoms with Gasteiger partial charge in [-0.3, -0.25) is 0 Å². The van der Waals surface area contributed by atoms with Crippen LogP contribution in [0.25, 0.3) is 0 Å². The first-order valence-corrected chi connectivity index (χ1v) is 11.6. The molecule has 140 valence electrons. The van der Waals surface area contributed by atoms with Gasteiger partial charge in [-0.1, -0.05) is 4.48 Å². The molecule has 0 aromatic heterocycles. The van der Waals surface area contributed by atoms with Crippen LogP contribution >= 0.6 is 23.2 Å². The maximum atomic E-state index is 13.2. The molecule has 24 heavy (non-hydrogen) atoms. The quantitative estimate of drug-likeness (QED) is 0.371. The van der Waals surface area contributed by atoms with E-state index in [-0.39, 0.29) is 59.0 Å². The van der Waals surface area contributed by atoms with Crippen LogP contribution in [-0.2, 0) is 19.7 Å². The summed E-state index contributed by atoms with van der Waals surface area (Å²) in [5.41, 5.74) is 2.27. The van der Waals surface area contributed by atoms with Gasteiger partial charge in [0.2, 0.25) is 0 Å². The number of halogens is 3. The summed E-state index contributed by atoms with van der Waals surface area (Å²) in [7, 11) is -6.77. The minimum atomic E-state index is -3.38. The van der Waals surface area contributed by atoms with Gasteiger partial charge in [-0.05, 0) is 5.34 Å². The number of nitrogens with zero attached hydrogens (tertiary/aromatic N) is 3. The van der Waals surface area contributed by atoms with Gasteiger partial charge in [-0.15, -0.1) is 28.3 Å². The SMILES string of the molecule is O=S(=O)(CCCl)CCN(CCS(=O)(=O)CCCl)C1=CC=NN(F)N1. The Kier molecular flexibility index (Phi) is 8.54. The van der Waals surface area contributed by atoms with E-state index in [1.165, 1.54) is 17.2 Å². The molecule has 0 fully saturated rings. The number of allylic oxidation sites excluding steroid dienone is 1. The molecular formula is C11H19Cl2FN4O4S2. The molecule has 0 spiro atoms. The maximum absolute atomic E-state index is 13.2. The third-order valence-corrected chi connectivity index (χ3v) is 7.16. The van der Waals surface area contributed by atoms with Crippen molar-refractivity contribution in [1.82, 2.24) is 15.7 Å². The Balaban J connectivity index is 2.80. The Labute approximate surface area is 151 Å². The lowest BCUT2D eigenvalue weighted by Crippen LogP contribution is -2.42. The molecule has 0 amide bonds. The number of alkyl halides is 2. The van der Waals surface area contributed by atoms with E-state index < -0.39 is 19.7 Å². The first kappa shape index (κ1) is 21.3. The van der Waals surface area contributed by atoms with Crippen molar-refractivity contribution in [2.45, 2.75) is 0 Å². The molecule has 0 unspecified atom stereocenters. The van der Waals surface area contributed by atoms with Crippen molar-refractivity contribution in [3.05, 3.63) is 11.9 Å². The van der Waals surface area contributed by atoms with Crippen LogP contribution in [-0.4, -0.2) is 81.2 Å². The molecule has 1 aliphatic rings. The van der Waals surface area contributed by atoms with Crippen LogP contribution in [0, 0.1) is 0 Å². The molecule has 0 aromatic rings. The molecule has 13 heteroatoms. The van der Waals surface area contributed by atoms with Crippen molar-refractivity contribution in [2.75, 3.05) is 47.9 Å². The average Bonchev–Trinajstić information content (AvgIpc) is 2.47. The third kappa shape index (κ3) is 7.86. The van der Waals surface area contributed by atoms with Crippen molar-refractivity contribution in [1.29, 1.82) is 0 Å². The molecule has 1 heterocycles. The third-order valence-electron chi connectivity index (χ3n) is 3.07. The number of rotatable bonds is 11. The number of sulfone groups is 2. The Hall–Kier alpha value is -0.780. The number of hydrazine groups is 1. The van der Waals surface area contributed by atoms with Gasteiger partial charge < -0.3 is 4.90 Å². The summed E-state index contributed by atoms with van der Waals surface area (Å²) in [4.78, 5) is 1.43. The summed E-state index contributed by atoms with van der Waals surface area (Å²) in [6.45, 7) is -0.0355. The molecule has 8 nitrogen and oxygen atoms in total. The second-order valence-electron chi connectivity index (χ2n) is 4.86. The zero-order valence-corrected chi connectivity index (χ0v) is 15.9. The van der Waals surface area contributed by atoms with Crippen molar-refractivity contribution >= 4 is 49.1 Å². The monoisotopic (exact) mass is 424 g/mol. The fourth-order valence-electron chi connectivity index (χ4n) is 1.79. The zero-order valence-electron chi connectivity index (χ0n) is 12.7. The van der Waals surface area contributed by atoms with Gasteiger partial charge >= 0.3 is 0 Å². The number of hydrazone groups is 1. The van der Waals surface area contributed by atoms with Gasteiger partial charge in [0.05, 0.1) is 29.2 Å². The van der Waals surface area contributed by atoms with E-state index in [0.717, 1.165) is 0 Å². The number of hydrogen-bond donors (Lipinski definition) is 1. The van der Waals surface area contributed by atoms with Gasteiger partial charge in [-0.2, -0.15) is 0 Å². The van der Waals surface area contributed by atoms with Crippen molar-refractivity contribution < 1.29 is 21.3 Å². The van der Waals surface area contributed by atoms with Gasteiger partial charge in [-0.25, -0.2) is 22.3 Å². The van der Waals surface area contributed by atoms with Crippen LogP contribution in [0.15, 0.2) is 17.0 Å². The Morgan fingerprint density at radius 2 is 1.54 bits per heavy atom. The highest BCUT2D eigenvalue weighted by Gasteiger charge is 2.20. The molecule has 0 radical (unpaired) electrons. The summed E-state index contributed by atoms with van der Waals surface area (Å²) in [5.74, 6) is -0.701. The predicted octanol–water partition coefficient (Wildman–Crippen LogP) is 0.128. The maximum Gasteiger partial charge on any atom is 0.153 e. The lowest BCUT2D eigenvalue weighted by Gasteiger charge is -2.29.